The Hall–Kier alpha value is -2.12. The number of nitrogens with one attached hydrogen (secondary N) is 2. The molecule has 1 amide bonds. The molecular weight excluding hydrogens is 316 g/mol. The van der Waals surface area contributed by atoms with Crippen LogP contribution in [0, 0.1) is 0 Å². The molecule has 0 unspecified atom stereocenters. The number of quaternary nitrogens is 1. The molecule has 0 spiro atoms. The fourth-order valence-electron chi connectivity index (χ4n) is 2.23. The first kappa shape index (κ1) is 17.2. The average Bonchev–Trinajstić information content (AvgIpc) is 3.00. The lowest BCUT2D eigenvalue weighted by Gasteiger charge is -2.19. The summed E-state index contributed by atoms with van der Waals surface area (Å²) in [4.78, 5) is 13.5. The summed E-state index contributed by atoms with van der Waals surface area (Å²) < 4.78 is 28.3. The number of likely N-dealkylation sites (N-methyl/N-ethyl adjacent to an activating group) is 1. The summed E-state index contributed by atoms with van der Waals surface area (Å²) in [7, 11) is 0.713. The minimum atomic E-state index is -3.26. The topological polar surface area (TPSA) is 80.8 Å². The zero-order valence-corrected chi connectivity index (χ0v) is 14.2. The van der Waals surface area contributed by atoms with Crippen molar-refractivity contribution < 1.29 is 22.5 Å². The van der Waals surface area contributed by atoms with E-state index < -0.39 is 9.84 Å². The van der Waals surface area contributed by atoms with E-state index >= 15 is 0 Å². The molecule has 1 heterocycles. The minimum absolute atomic E-state index is 0.00393. The second kappa shape index (κ2) is 6.97. The molecule has 23 heavy (non-hydrogen) atoms. The van der Waals surface area contributed by atoms with Gasteiger partial charge in [-0.15, -0.1) is 0 Å². The molecule has 1 aromatic carbocycles. The first-order chi connectivity index (χ1) is 10.8. The summed E-state index contributed by atoms with van der Waals surface area (Å²) in [5, 5.41) is 2.86. The van der Waals surface area contributed by atoms with Gasteiger partial charge in [0.05, 0.1) is 31.8 Å². The van der Waals surface area contributed by atoms with Gasteiger partial charge in [0.2, 0.25) is 0 Å². The number of carbonyl (C=O) groups is 1. The van der Waals surface area contributed by atoms with Gasteiger partial charge in [-0.3, -0.25) is 4.79 Å². The van der Waals surface area contributed by atoms with Gasteiger partial charge < -0.3 is 14.6 Å². The van der Waals surface area contributed by atoms with Crippen molar-refractivity contribution in [3.63, 3.8) is 0 Å². The molecule has 0 radical (unpaired) electrons. The third kappa shape index (κ3) is 4.43. The number of amides is 1. The van der Waals surface area contributed by atoms with E-state index in [1.807, 2.05) is 26.2 Å². The van der Waals surface area contributed by atoms with Crippen molar-refractivity contribution in [2.75, 3.05) is 26.9 Å². The normalized spacial score (nSPS) is 13.0. The second-order valence-electron chi connectivity index (χ2n) is 5.65. The molecule has 7 heteroatoms. The van der Waals surface area contributed by atoms with E-state index in [0.29, 0.717) is 12.1 Å². The van der Waals surface area contributed by atoms with Crippen LogP contribution in [0.2, 0.25) is 0 Å². The number of carbonyl (C=O) groups excluding carboxylic acids is 1. The molecule has 2 aromatic rings. The van der Waals surface area contributed by atoms with E-state index in [1.54, 1.807) is 6.26 Å². The van der Waals surface area contributed by atoms with Gasteiger partial charge in [0.25, 0.3) is 5.91 Å². The monoisotopic (exact) mass is 337 g/mol. The lowest BCUT2D eigenvalue weighted by molar-refractivity contribution is -0.891. The highest BCUT2D eigenvalue weighted by Gasteiger charge is 2.21. The first-order valence-corrected chi connectivity index (χ1v) is 9.10. The summed E-state index contributed by atoms with van der Waals surface area (Å²) in [6.07, 6.45) is 2.74. The molecule has 6 nitrogen and oxygen atoms in total. The highest BCUT2D eigenvalue weighted by atomic mass is 32.2. The number of benzene rings is 1. The fraction of sp³-hybridized carbons (Fsp3) is 0.312. The van der Waals surface area contributed by atoms with Crippen LogP contribution in [0.3, 0.4) is 0 Å². The fourth-order valence-corrected chi connectivity index (χ4v) is 2.86. The first-order valence-electron chi connectivity index (χ1n) is 7.21. The van der Waals surface area contributed by atoms with Crippen molar-refractivity contribution in [3.8, 4) is 0 Å². The van der Waals surface area contributed by atoms with Gasteiger partial charge in [0, 0.05) is 11.8 Å². The Morgan fingerprint density at radius 3 is 2.35 bits per heavy atom. The van der Waals surface area contributed by atoms with Gasteiger partial charge >= 0.3 is 0 Å². The quantitative estimate of drug-likeness (QED) is 0.794. The molecule has 1 aromatic heterocycles. The lowest BCUT2D eigenvalue weighted by Crippen LogP contribution is -3.07. The van der Waals surface area contributed by atoms with Crippen LogP contribution in [0.1, 0.15) is 22.2 Å². The van der Waals surface area contributed by atoms with E-state index in [4.69, 9.17) is 4.42 Å². The molecular formula is C16H21N2O4S+. The number of hydrogen-bond acceptors (Lipinski definition) is 4. The predicted molar refractivity (Wildman–Crippen MR) is 86.1 cm³/mol. The Morgan fingerprint density at radius 1 is 1.22 bits per heavy atom. The number of hydrogen-bond donors (Lipinski definition) is 2. The maximum atomic E-state index is 12.2. The van der Waals surface area contributed by atoms with Crippen LogP contribution < -0.4 is 10.2 Å². The van der Waals surface area contributed by atoms with Crippen molar-refractivity contribution >= 4 is 15.7 Å². The van der Waals surface area contributed by atoms with Crippen LogP contribution in [0.15, 0.2) is 52.0 Å². The van der Waals surface area contributed by atoms with E-state index in [1.165, 1.54) is 24.3 Å². The molecule has 0 saturated heterocycles. The Bertz CT molecular complexity index is 750. The molecule has 1 atom stereocenters. The van der Waals surface area contributed by atoms with Crippen molar-refractivity contribution in [2.24, 2.45) is 0 Å². The molecule has 2 rings (SSSR count). The zero-order valence-electron chi connectivity index (χ0n) is 13.4. The van der Waals surface area contributed by atoms with Gasteiger partial charge in [0.1, 0.15) is 0 Å². The number of sulfone groups is 1. The molecule has 0 aliphatic rings. The van der Waals surface area contributed by atoms with Crippen LogP contribution in [0.25, 0.3) is 0 Å². The number of rotatable bonds is 6. The van der Waals surface area contributed by atoms with E-state index in [9.17, 15) is 13.2 Å². The Labute approximate surface area is 136 Å². The Morgan fingerprint density at radius 2 is 1.87 bits per heavy atom. The molecule has 0 fully saturated rings. The van der Waals surface area contributed by atoms with E-state index in [2.05, 4.69) is 5.32 Å². The third-order valence-electron chi connectivity index (χ3n) is 3.59. The maximum Gasteiger partial charge on any atom is 0.251 e. The van der Waals surface area contributed by atoms with Gasteiger partial charge in [-0.2, -0.15) is 0 Å². The van der Waals surface area contributed by atoms with E-state index in [0.717, 1.165) is 16.9 Å². The van der Waals surface area contributed by atoms with Crippen molar-refractivity contribution in [1.29, 1.82) is 0 Å². The predicted octanol–water partition coefficient (Wildman–Crippen LogP) is 0.299. The maximum absolute atomic E-state index is 12.2. The summed E-state index contributed by atoms with van der Waals surface area (Å²) in [5.74, 6) is 0.556. The second-order valence-corrected chi connectivity index (χ2v) is 7.67. The van der Waals surface area contributed by atoms with Crippen molar-refractivity contribution in [1.82, 2.24) is 5.32 Å². The standard InChI is InChI=1S/C16H20N2O4S/c1-18(2)14(15-5-4-10-22-15)11-17-16(19)12-6-8-13(9-7-12)23(3,20)21/h4-10,14H,11H2,1-3H3,(H,17,19)/p+1/t14-/m0/s1. The third-order valence-corrected chi connectivity index (χ3v) is 4.72. The molecule has 0 saturated carbocycles. The SMILES string of the molecule is C[NH+](C)[C@@H](CNC(=O)c1ccc(S(C)(=O)=O)cc1)c1ccco1. The largest absolute Gasteiger partial charge is 0.463 e. The highest BCUT2D eigenvalue weighted by Crippen LogP contribution is 2.12. The van der Waals surface area contributed by atoms with Crippen LogP contribution in [0.5, 0.6) is 0 Å². The van der Waals surface area contributed by atoms with Gasteiger partial charge in [-0.25, -0.2) is 8.42 Å². The molecule has 0 bridgehead atoms. The highest BCUT2D eigenvalue weighted by molar-refractivity contribution is 7.90. The van der Waals surface area contributed by atoms with Crippen LogP contribution in [-0.4, -0.2) is 41.2 Å². The lowest BCUT2D eigenvalue weighted by atomic mass is 10.2. The Balaban J connectivity index is 2.04. The van der Waals surface area contributed by atoms with E-state index in [-0.39, 0.29) is 16.8 Å². The molecule has 0 aliphatic carbocycles. The minimum Gasteiger partial charge on any atom is -0.463 e. The summed E-state index contributed by atoms with van der Waals surface area (Å²) in [6.45, 7) is 0.419. The van der Waals surface area contributed by atoms with Gasteiger partial charge in [0.15, 0.2) is 21.6 Å². The summed E-state index contributed by atoms with van der Waals surface area (Å²) >= 11 is 0. The Kier molecular flexibility index (Phi) is 5.23. The van der Waals surface area contributed by atoms with Crippen molar-refractivity contribution in [3.05, 3.63) is 54.0 Å². The van der Waals surface area contributed by atoms with Gasteiger partial charge in [-0.1, -0.05) is 0 Å². The van der Waals surface area contributed by atoms with Crippen LogP contribution in [-0.2, 0) is 9.84 Å². The summed E-state index contributed by atoms with van der Waals surface area (Å²) in [5.41, 5.74) is 0.421. The molecule has 124 valence electrons. The summed E-state index contributed by atoms with van der Waals surface area (Å²) in [6, 6.07) is 9.59. The molecule has 2 N–H and O–H groups in total. The van der Waals surface area contributed by atoms with Crippen LogP contribution >= 0.6 is 0 Å². The van der Waals surface area contributed by atoms with Gasteiger partial charge in [-0.05, 0) is 36.4 Å². The number of furan rings is 1. The van der Waals surface area contributed by atoms with Crippen LogP contribution in [0.4, 0.5) is 0 Å². The van der Waals surface area contributed by atoms with Crippen molar-refractivity contribution in [2.45, 2.75) is 10.9 Å². The zero-order chi connectivity index (χ0) is 17.0. The average molecular weight is 337 g/mol. The smallest absolute Gasteiger partial charge is 0.251 e. The molecule has 0 aliphatic heterocycles.